The zero-order valence-electron chi connectivity index (χ0n) is 15.6. The third-order valence-electron chi connectivity index (χ3n) is 5.61. The Hall–Kier alpha value is -3.15. The Morgan fingerprint density at radius 1 is 1.15 bits per heavy atom. The van der Waals surface area contributed by atoms with Crippen molar-refractivity contribution in [3.63, 3.8) is 0 Å². The fraction of sp³-hybridized carbons (Fsp3) is 0.286. The van der Waals surface area contributed by atoms with Crippen LogP contribution < -0.4 is 4.74 Å². The van der Waals surface area contributed by atoms with Crippen LogP contribution in [0.2, 0.25) is 0 Å². The number of aryl methyl sites for hydroxylation is 2. The highest BCUT2D eigenvalue weighted by molar-refractivity contribution is 5.92. The maximum absolute atomic E-state index is 6.41. The lowest BCUT2D eigenvalue weighted by Gasteiger charge is -2.38. The number of benzene rings is 1. The molecule has 0 aliphatic carbocycles. The smallest absolute Gasteiger partial charge is 0.153 e. The molecule has 0 amide bonds. The van der Waals surface area contributed by atoms with Gasteiger partial charge in [-0.05, 0) is 44.5 Å². The molecule has 0 bridgehead atoms. The standard InChI is InChI=1S/C21H20N4O2/c1-4-21(17-7-5-6-10-22-17)11-26-20-15(18-13(2)24-27-14(18)3)8-9-16-19(20)25(21)12-23-16/h5-10,12H,4,11H2,1-3H3. The first-order chi connectivity index (χ1) is 13.2. The van der Waals surface area contributed by atoms with Crippen molar-refractivity contribution in [2.75, 3.05) is 6.61 Å². The fourth-order valence-corrected chi connectivity index (χ4v) is 4.16. The SMILES string of the molecule is CCC1(c2ccccn2)COc2c(-c3c(C)noc3C)ccc3ncn1c23. The van der Waals surface area contributed by atoms with Crippen LogP contribution in [-0.2, 0) is 5.54 Å². The summed E-state index contributed by atoms with van der Waals surface area (Å²) in [5, 5.41) is 4.11. The van der Waals surface area contributed by atoms with E-state index in [1.807, 2.05) is 50.6 Å². The number of aromatic nitrogens is 4. The second-order valence-electron chi connectivity index (χ2n) is 7.01. The van der Waals surface area contributed by atoms with Gasteiger partial charge in [0.25, 0.3) is 0 Å². The summed E-state index contributed by atoms with van der Waals surface area (Å²) in [6.45, 7) is 6.54. The molecule has 0 radical (unpaired) electrons. The molecule has 4 heterocycles. The Bertz CT molecular complexity index is 1130. The van der Waals surface area contributed by atoms with E-state index in [-0.39, 0.29) is 5.54 Å². The molecule has 1 unspecified atom stereocenters. The van der Waals surface area contributed by atoms with Crippen molar-refractivity contribution in [3.8, 4) is 16.9 Å². The normalized spacial score (nSPS) is 18.6. The number of hydrogen-bond donors (Lipinski definition) is 0. The molecule has 1 aliphatic heterocycles. The first-order valence-electron chi connectivity index (χ1n) is 9.14. The van der Waals surface area contributed by atoms with Gasteiger partial charge in [0.15, 0.2) is 5.75 Å². The van der Waals surface area contributed by atoms with E-state index in [4.69, 9.17) is 9.26 Å². The summed E-state index contributed by atoms with van der Waals surface area (Å²) < 4.78 is 14.0. The summed E-state index contributed by atoms with van der Waals surface area (Å²) in [6, 6.07) is 10.1. The molecule has 0 saturated carbocycles. The lowest BCUT2D eigenvalue weighted by molar-refractivity contribution is 0.165. The van der Waals surface area contributed by atoms with Crippen molar-refractivity contribution in [1.82, 2.24) is 19.7 Å². The first-order valence-corrected chi connectivity index (χ1v) is 9.14. The fourth-order valence-electron chi connectivity index (χ4n) is 4.16. The van der Waals surface area contributed by atoms with Crippen LogP contribution in [0, 0.1) is 13.8 Å². The summed E-state index contributed by atoms with van der Waals surface area (Å²) in [7, 11) is 0. The van der Waals surface area contributed by atoms with Gasteiger partial charge < -0.3 is 13.8 Å². The van der Waals surface area contributed by atoms with Gasteiger partial charge in [-0.2, -0.15) is 0 Å². The van der Waals surface area contributed by atoms with Crippen molar-refractivity contribution in [1.29, 1.82) is 0 Å². The van der Waals surface area contributed by atoms with Crippen LogP contribution in [0.25, 0.3) is 22.2 Å². The predicted molar refractivity (Wildman–Crippen MR) is 102 cm³/mol. The maximum Gasteiger partial charge on any atom is 0.153 e. The highest BCUT2D eigenvalue weighted by atomic mass is 16.5. The molecule has 3 aromatic heterocycles. The Kier molecular flexibility index (Phi) is 3.37. The molecular formula is C21H20N4O2. The molecule has 136 valence electrons. The molecule has 5 rings (SSSR count). The summed E-state index contributed by atoms with van der Waals surface area (Å²) in [5.74, 6) is 1.62. The van der Waals surface area contributed by atoms with Crippen LogP contribution >= 0.6 is 0 Å². The minimum atomic E-state index is -0.375. The van der Waals surface area contributed by atoms with Crippen LogP contribution in [-0.4, -0.2) is 26.3 Å². The van der Waals surface area contributed by atoms with E-state index in [0.29, 0.717) is 6.61 Å². The lowest BCUT2D eigenvalue weighted by Crippen LogP contribution is -2.43. The van der Waals surface area contributed by atoms with Crippen LogP contribution in [0.4, 0.5) is 0 Å². The topological polar surface area (TPSA) is 66.0 Å². The zero-order valence-corrected chi connectivity index (χ0v) is 15.6. The molecule has 0 fully saturated rings. The molecule has 0 saturated heterocycles. The minimum absolute atomic E-state index is 0.375. The summed E-state index contributed by atoms with van der Waals surface area (Å²) in [4.78, 5) is 9.27. The third-order valence-corrected chi connectivity index (χ3v) is 5.61. The van der Waals surface area contributed by atoms with Gasteiger partial charge in [-0.1, -0.05) is 18.1 Å². The molecule has 1 atom stereocenters. The molecule has 6 nitrogen and oxygen atoms in total. The Morgan fingerprint density at radius 2 is 2.04 bits per heavy atom. The zero-order chi connectivity index (χ0) is 18.6. The Labute approximate surface area is 156 Å². The Balaban J connectivity index is 1.81. The van der Waals surface area contributed by atoms with Gasteiger partial charge in [-0.3, -0.25) is 4.98 Å². The molecule has 0 spiro atoms. The quantitative estimate of drug-likeness (QED) is 0.546. The average Bonchev–Trinajstić information content (AvgIpc) is 3.29. The van der Waals surface area contributed by atoms with Gasteiger partial charge in [-0.15, -0.1) is 0 Å². The Morgan fingerprint density at radius 3 is 2.74 bits per heavy atom. The third kappa shape index (κ3) is 2.10. The van der Waals surface area contributed by atoms with Gasteiger partial charge in [0.2, 0.25) is 0 Å². The lowest BCUT2D eigenvalue weighted by atomic mass is 9.89. The second-order valence-corrected chi connectivity index (χ2v) is 7.01. The van der Waals surface area contributed by atoms with Gasteiger partial charge >= 0.3 is 0 Å². The number of imidazole rings is 1. The van der Waals surface area contributed by atoms with Crippen molar-refractivity contribution in [2.45, 2.75) is 32.7 Å². The predicted octanol–water partition coefficient (Wildman–Crippen LogP) is 4.25. The van der Waals surface area contributed by atoms with Crippen LogP contribution in [0.5, 0.6) is 5.75 Å². The molecule has 1 aliphatic rings. The van der Waals surface area contributed by atoms with E-state index >= 15 is 0 Å². The first kappa shape index (κ1) is 16.1. The van der Waals surface area contributed by atoms with Crippen LogP contribution in [0.1, 0.15) is 30.5 Å². The second kappa shape index (κ2) is 5.67. The number of pyridine rings is 1. The maximum atomic E-state index is 6.41. The number of hydrogen-bond acceptors (Lipinski definition) is 5. The number of rotatable bonds is 3. The van der Waals surface area contributed by atoms with E-state index in [1.54, 1.807) is 0 Å². The van der Waals surface area contributed by atoms with E-state index in [2.05, 4.69) is 32.7 Å². The molecule has 0 N–H and O–H groups in total. The van der Waals surface area contributed by atoms with Crippen molar-refractivity contribution >= 4 is 11.0 Å². The van der Waals surface area contributed by atoms with Crippen LogP contribution in [0.3, 0.4) is 0 Å². The summed E-state index contributed by atoms with van der Waals surface area (Å²) >= 11 is 0. The highest BCUT2D eigenvalue weighted by Crippen LogP contribution is 2.46. The van der Waals surface area contributed by atoms with Gasteiger partial charge in [-0.25, -0.2) is 4.98 Å². The average molecular weight is 360 g/mol. The van der Waals surface area contributed by atoms with E-state index in [9.17, 15) is 0 Å². The van der Waals surface area contributed by atoms with Crippen LogP contribution in [0.15, 0.2) is 47.4 Å². The molecule has 1 aromatic carbocycles. The number of ether oxygens (including phenoxy) is 1. The molecule has 4 aromatic rings. The monoisotopic (exact) mass is 360 g/mol. The number of nitrogens with zero attached hydrogens (tertiary/aromatic N) is 4. The molecule has 27 heavy (non-hydrogen) atoms. The minimum Gasteiger partial charge on any atom is -0.488 e. The molecular weight excluding hydrogens is 340 g/mol. The largest absolute Gasteiger partial charge is 0.488 e. The van der Waals surface area contributed by atoms with E-state index in [1.165, 1.54) is 0 Å². The highest BCUT2D eigenvalue weighted by Gasteiger charge is 2.40. The van der Waals surface area contributed by atoms with Crippen molar-refractivity contribution in [2.24, 2.45) is 0 Å². The summed E-state index contributed by atoms with van der Waals surface area (Å²) in [6.07, 6.45) is 4.59. The van der Waals surface area contributed by atoms with E-state index in [0.717, 1.165) is 51.5 Å². The van der Waals surface area contributed by atoms with Gasteiger partial charge in [0.05, 0.1) is 28.8 Å². The molecule has 6 heteroatoms. The van der Waals surface area contributed by atoms with Gasteiger partial charge in [0.1, 0.15) is 23.4 Å². The van der Waals surface area contributed by atoms with Gasteiger partial charge in [0, 0.05) is 11.8 Å². The van der Waals surface area contributed by atoms with Crippen molar-refractivity contribution in [3.05, 3.63) is 60.0 Å². The summed E-state index contributed by atoms with van der Waals surface area (Å²) in [5.41, 5.74) is 5.35. The van der Waals surface area contributed by atoms with Crippen molar-refractivity contribution < 1.29 is 9.26 Å². The van der Waals surface area contributed by atoms with E-state index < -0.39 is 0 Å².